The molecule has 4 aromatic rings. The van der Waals surface area contributed by atoms with Gasteiger partial charge in [0.15, 0.2) is 0 Å². The zero-order chi connectivity index (χ0) is 22.2. The second-order valence-electron chi connectivity index (χ2n) is 8.77. The monoisotopic (exact) mass is 438 g/mol. The number of hydrogen-bond acceptors (Lipinski definition) is 4. The van der Waals surface area contributed by atoms with Gasteiger partial charge in [-0.05, 0) is 23.3 Å². The van der Waals surface area contributed by atoms with E-state index in [1.807, 2.05) is 24.4 Å². The number of aromatic amines is 1. The molecule has 2 N–H and O–H groups in total. The lowest BCUT2D eigenvalue weighted by atomic mass is 10.0. The third kappa shape index (κ3) is 3.92. The number of ether oxygens (including phenoxy) is 1. The third-order valence-electron chi connectivity index (χ3n) is 6.59. The molecule has 0 atom stereocenters. The number of morpholine rings is 1. The van der Waals surface area contributed by atoms with Gasteiger partial charge in [0.05, 0.1) is 30.0 Å². The highest BCUT2D eigenvalue weighted by Crippen LogP contribution is 2.31. The Labute approximate surface area is 192 Å². The van der Waals surface area contributed by atoms with Crippen LogP contribution < -0.4 is 5.32 Å². The van der Waals surface area contributed by atoms with Crippen LogP contribution in [0, 0.1) is 0 Å². The van der Waals surface area contributed by atoms with E-state index >= 15 is 0 Å². The van der Waals surface area contributed by atoms with E-state index < -0.39 is 0 Å². The Morgan fingerprint density at radius 3 is 2.73 bits per heavy atom. The van der Waals surface area contributed by atoms with Crippen molar-refractivity contribution in [2.24, 2.45) is 0 Å². The smallest absolute Gasteiger partial charge is 0.253 e. The SMILES string of the molecule is O=C1NCCc2[nH]c3c(ccc4cnc(/C=C/c5ccc(CN6CCOCC6)cc5)cc43)c21. The van der Waals surface area contributed by atoms with Crippen LogP contribution in [0.2, 0.25) is 0 Å². The molecule has 0 radical (unpaired) electrons. The molecule has 0 spiro atoms. The minimum absolute atomic E-state index is 0.00749. The quantitative estimate of drug-likeness (QED) is 0.505. The minimum Gasteiger partial charge on any atom is -0.379 e. The average Bonchev–Trinajstić information content (AvgIpc) is 3.25. The molecule has 1 saturated heterocycles. The van der Waals surface area contributed by atoms with Gasteiger partial charge in [0, 0.05) is 60.6 Å². The van der Waals surface area contributed by atoms with Crippen LogP contribution in [0.15, 0.2) is 48.7 Å². The molecule has 2 aliphatic rings. The first-order chi connectivity index (χ1) is 16.2. The molecule has 6 nitrogen and oxygen atoms in total. The molecular weight excluding hydrogens is 412 g/mol. The van der Waals surface area contributed by atoms with Gasteiger partial charge in [-0.2, -0.15) is 0 Å². The Kier molecular flexibility index (Phi) is 5.17. The summed E-state index contributed by atoms with van der Waals surface area (Å²) in [4.78, 5) is 23.0. The highest BCUT2D eigenvalue weighted by molar-refractivity contribution is 6.15. The highest BCUT2D eigenvalue weighted by Gasteiger charge is 2.22. The number of H-pyrrole nitrogens is 1. The highest BCUT2D eigenvalue weighted by atomic mass is 16.5. The van der Waals surface area contributed by atoms with Gasteiger partial charge in [-0.25, -0.2) is 0 Å². The minimum atomic E-state index is 0.00749. The number of nitrogens with zero attached hydrogens (tertiary/aromatic N) is 2. The summed E-state index contributed by atoms with van der Waals surface area (Å²) in [6.07, 6.45) is 6.88. The first-order valence-electron chi connectivity index (χ1n) is 11.5. The Balaban J connectivity index is 1.26. The molecule has 0 saturated carbocycles. The number of hydrogen-bond donors (Lipinski definition) is 2. The number of nitrogens with one attached hydrogen (secondary N) is 2. The number of fused-ring (bicyclic) bond motifs is 5. The van der Waals surface area contributed by atoms with E-state index in [1.54, 1.807) is 0 Å². The fraction of sp³-hybridized carbons (Fsp3) is 0.259. The van der Waals surface area contributed by atoms with Crippen LogP contribution in [0.4, 0.5) is 0 Å². The number of amides is 1. The number of carbonyl (C=O) groups is 1. The van der Waals surface area contributed by atoms with Crippen LogP contribution in [0.5, 0.6) is 0 Å². The molecule has 2 aromatic heterocycles. The van der Waals surface area contributed by atoms with E-state index in [0.717, 1.165) is 83.5 Å². The van der Waals surface area contributed by atoms with Gasteiger partial charge in [-0.3, -0.25) is 14.7 Å². The summed E-state index contributed by atoms with van der Waals surface area (Å²) >= 11 is 0. The second kappa shape index (κ2) is 8.46. The zero-order valence-corrected chi connectivity index (χ0v) is 18.4. The molecular formula is C27H26N4O2. The van der Waals surface area contributed by atoms with Crippen molar-refractivity contribution in [1.82, 2.24) is 20.2 Å². The van der Waals surface area contributed by atoms with Gasteiger partial charge in [0.2, 0.25) is 0 Å². The first kappa shape index (κ1) is 20.1. The van der Waals surface area contributed by atoms with Crippen molar-refractivity contribution in [3.63, 3.8) is 0 Å². The van der Waals surface area contributed by atoms with Gasteiger partial charge in [-0.15, -0.1) is 0 Å². The summed E-state index contributed by atoms with van der Waals surface area (Å²) < 4.78 is 5.43. The van der Waals surface area contributed by atoms with E-state index in [4.69, 9.17) is 4.74 Å². The average molecular weight is 439 g/mol. The molecule has 2 aliphatic heterocycles. The number of carbonyl (C=O) groups excluding carboxylic acids is 1. The fourth-order valence-corrected chi connectivity index (χ4v) is 4.81. The van der Waals surface area contributed by atoms with Crippen molar-refractivity contribution in [2.45, 2.75) is 13.0 Å². The van der Waals surface area contributed by atoms with Crippen LogP contribution in [0.1, 0.15) is 32.9 Å². The predicted octanol–water partition coefficient (Wildman–Crippen LogP) is 4.00. The normalized spacial score (nSPS) is 17.0. The maximum Gasteiger partial charge on any atom is 0.253 e. The molecule has 6 rings (SSSR count). The number of pyridine rings is 1. The van der Waals surface area contributed by atoms with Crippen LogP contribution >= 0.6 is 0 Å². The lowest BCUT2D eigenvalue weighted by Gasteiger charge is -2.26. The van der Waals surface area contributed by atoms with Crippen LogP contribution in [0.25, 0.3) is 33.8 Å². The van der Waals surface area contributed by atoms with Gasteiger partial charge in [0.1, 0.15) is 0 Å². The van der Waals surface area contributed by atoms with Gasteiger partial charge >= 0.3 is 0 Å². The number of benzene rings is 2. The summed E-state index contributed by atoms with van der Waals surface area (Å²) in [6, 6.07) is 14.9. The van der Waals surface area contributed by atoms with Crippen LogP contribution in [0.3, 0.4) is 0 Å². The van der Waals surface area contributed by atoms with Gasteiger partial charge in [0.25, 0.3) is 5.91 Å². The van der Waals surface area contributed by atoms with Crippen molar-refractivity contribution in [1.29, 1.82) is 0 Å². The lowest BCUT2D eigenvalue weighted by molar-refractivity contribution is 0.0342. The maximum atomic E-state index is 12.4. The van der Waals surface area contributed by atoms with Crippen molar-refractivity contribution in [3.8, 4) is 0 Å². The molecule has 0 unspecified atom stereocenters. The lowest BCUT2D eigenvalue weighted by Crippen LogP contribution is -2.35. The molecule has 4 heterocycles. The molecule has 2 aromatic carbocycles. The van der Waals surface area contributed by atoms with Gasteiger partial charge in [-0.1, -0.05) is 42.5 Å². The van der Waals surface area contributed by atoms with E-state index in [2.05, 4.69) is 56.6 Å². The topological polar surface area (TPSA) is 70.2 Å². The Morgan fingerprint density at radius 2 is 1.88 bits per heavy atom. The molecule has 6 heteroatoms. The Hall–Kier alpha value is -3.48. The predicted molar refractivity (Wildman–Crippen MR) is 131 cm³/mol. The van der Waals surface area contributed by atoms with Crippen molar-refractivity contribution in [2.75, 3.05) is 32.8 Å². The Bertz CT molecular complexity index is 1360. The van der Waals surface area contributed by atoms with Crippen LogP contribution in [-0.2, 0) is 17.7 Å². The number of aromatic nitrogens is 2. The fourth-order valence-electron chi connectivity index (χ4n) is 4.81. The molecule has 33 heavy (non-hydrogen) atoms. The summed E-state index contributed by atoms with van der Waals surface area (Å²) in [7, 11) is 0. The summed E-state index contributed by atoms with van der Waals surface area (Å²) in [5.41, 5.74) is 6.17. The third-order valence-corrected chi connectivity index (χ3v) is 6.59. The molecule has 0 bridgehead atoms. The largest absolute Gasteiger partial charge is 0.379 e. The van der Waals surface area contributed by atoms with E-state index in [9.17, 15) is 4.79 Å². The summed E-state index contributed by atoms with van der Waals surface area (Å²) in [6.45, 7) is 5.29. The molecule has 1 amide bonds. The Morgan fingerprint density at radius 1 is 1.03 bits per heavy atom. The van der Waals surface area contributed by atoms with Crippen molar-refractivity contribution in [3.05, 3.63) is 76.7 Å². The van der Waals surface area contributed by atoms with E-state index in [0.29, 0.717) is 6.54 Å². The van der Waals surface area contributed by atoms with Crippen molar-refractivity contribution >= 4 is 39.7 Å². The standard InChI is InChI=1S/C27H26N4O2/c32-27-25-22-8-6-20-16-29-21(15-23(20)26(22)30-24(25)9-10-28-27)7-5-18-1-3-19(4-2-18)17-31-11-13-33-14-12-31/h1-8,15-16,30H,9-14,17H2,(H,28,32)/b7-5+. The molecule has 166 valence electrons. The van der Waals surface area contributed by atoms with Crippen molar-refractivity contribution < 1.29 is 9.53 Å². The molecule has 1 fully saturated rings. The second-order valence-corrected chi connectivity index (χ2v) is 8.77. The summed E-state index contributed by atoms with van der Waals surface area (Å²) in [5.74, 6) is 0.00749. The first-order valence-corrected chi connectivity index (χ1v) is 11.5. The van der Waals surface area contributed by atoms with E-state index in [1.165, 1.54) is 5.56 Å². The van der Waals surface area contributed by atoms with Crippen LogP contribution in [-0.4, -0.2) is 53.6 Å². The number of rotatable bonds is 4. The zero-order valence-electron chi connectivity index (χ0n) is 18.4. The van der Waals surface area contributed by atoms with Gasteiger partial charge < -0.3 is 15.0 Å². The maximum absolute atomic E-state index is 12.4. The molecule has 0 aliphatic carbocycles. The van der Waals surface area contributed by atoms with E-state index in [-0.39, 0.29) is 5.91 Å². The summed E-state index contributed by atoms with van der Waals surface area (Å²) in [5, 5.41) is 6.08.